The molecule has 1 aromatic heterocycles. The summed E-state index contributed by atoms with van der Waals surface area (Å²) < 4.78 is 6.78. The molecule has 0 bridgehead atoms. The minimum atomic E-state index is -0.603. The summed E-state index contributed by atoms with van der Waals surface area (Å²) >= 11 is 0. The van der Waals surface area contributed by atoms with Crippen molar-refractivity contribution < 1.29 is 14.3 Å². The third-order valence-electron chi connectivity index (χ3n) is 4.38. The van der Waals surface area contributed by atoms with Crippen LogP contribution < -0.4 is 4.90 Å². The third kappa shape index (κ3) is 5.08. The smallest absolute Gasteiger partial charge is 0.338 e. The number of anilines is 1. The van der Waals surface area contributed by atoms with Gasteiger partial charge < -0.3 is 9.64 Å². The SMILES string of the molecule is Cc1cc(C)cc(N(CCC#N)C(=O)COC(=O)c2ccc(-n3cncn3)cc2)c1. The Morgan fingerprint density at radius 1 is 1.13 bits per heavy atom. The summed E-state index contributed by atoms with van der Waals surface area (Å²) in [5, 5.41) is 12.9. The minimum Gasteiger partial charge on any atom is -0.452 e. The molecule has 1 heterocycles. The Bertz CT molecular complexity index is 1050. The lowest BCUT2D eigenvalue weighted by Crippen LogP contribution is -2.35. The molecule has 0 saturated heterocycles. The lowest BCUT2D eigenvalue weighted by Gasteiger charge is -2.22. The second-order valence-corrected chi connectivity index (χ2v) is 6.76. The Labute approximate surface area is 174 Å². The summed E-state index contributed by atoms with van der Waals surface area (Å²) in [4.78, 5) is 30.4. The van der Waals surface area contributed by atoms with Crippen molar-refractivity contribution in [3.63, 3.8) is 0 Å². The first-order valence-corrected chi connectivity index (χ1v) is 9.36. The van der Waals surface area contributed by atoms with Crippen molar-refractivity contribution in [1.82, 2.24) is 14.8 Å². The highest BCUT2D eigenvalue weighted by atomic mass is 16.5. The summed E-state index contributed by atoms with van der Waals surface area (Å²) in [6.07, 6.45) is 3.15. The van der Waals surface area contributed by atoms with Crippen molar-refractivity contribution in [3.8, 4) is 11.8 Å². The molecule has 3 rings (SSSR count). The Kier molecular flexibility index (Phi) is 6.55. The number of aryl methyl sites for hydroxylation is 2. The van der Waals surface area contributed by atoms with E-state index in [9.17, 15) is 9.59 Å². The summed E-state index contributed by atoms with van der Waals surface area (Å²) in [6, 6.07) is 14.4. The van der Waals surface area contributed by atoms with E-state index in [0.717, 1.165) is 16.8 Å². The van der Waals surface area contributed by atoms with Crippen molar-refractivity contribution >= 4 is 17.6 Å². The number of esters is 1. The Hall–Kier alpha value is -3.99. The average Bonchev–Trinajstić information content (AvgIpc) is 3.26. The Morgan fingerprint density at radius 2 is 1.83 bits per heavy atom. The predicted octanol–water partition coefficient (Wildman–Crippen LogP) is 2.99. The van der Waals surface area contributed by atoms with Crippen molar-refractivity contribution in [1.29, 1.82) is 5.26 Å². The molecule has 0 atom stereocenters. The van der Waals surface area contributed by atoms with E-state index in [4.69, 9.17) is 10.00 Å². The number of carbonyl (C=O) groups excluding carboxylic acids is 2. The zero-order valence-corrected chi connectivity index (χ0v) is 16.8. The topological polar surface area (TPSA) is 101 Å². The summed E-state index contributed by atoms with van der Waals surface area (Å²) in [5.74, 6) is -0.989. The molecule has 0 fully saturated rings. The van der Waals surface area contributed by atoms with E-state index in [1.165, 1.54) is 11.2 Å². The summed E-state index contributed by atoms with van der Waals surface area (Å²) in [6.45, 7) is 3.68. The zero-order chi connectivity index (χ0) is 21.5. The lowest BCUT2D eigenvalue weighted by atomic mass is 10.1. The van der Waals surface area contributed by atoms with E-state index in [2.05, 4.69) is 10.1 Å². The molecule has 8 nitrogen and oxygen atoms in total. The summed E-state index contributed by atoms with van der Waals surface area (Å²) in [7, 11) is 0. The molecule has 0 aliphatic heterocycles. The van der Waals surface area contributed by atoms with Crippen LogP contribution in [0, 0.1) is 25.2 Å². The molecular formula is C22H21N5O3. The maximum Gasteiger partial charge on any atom is 0.338 e. The maximum absolute atomic E-state index is 12.7. The van der Waals surface area contributed by atoms with Crippen LogP contribution in [0.3, 0.4) is 0 Å². The number of carbonyl (C=O) groups is 2. The van der Waals surface area contributed by atoms with Crippen LogP contribution in [-0.2, 0) is 9.53 Å². The first-order valence-electron chi connectivity index (χ1n) is 9.36. The fourth-order valence-corrected chi connectivity index (χ4v) is 3.05. The number of benzene rings is 2. The molecule has 1 amide bonds. The van der Waals surface area contributed by atoms with Gasteiger partial charge in [-0.15, -0.1) is 0 Å². The molecule has 0 N–H and O–H groups in total. The van der Waals surface area contributed by atoms with Crippen LogP contribution in [-0.4, -0.2) is 39.8 Å². The van der Waals surface area contributed by atoms with Gasteiger partial charge in [0.2, 0.25) is 0 Å². The number of nitrogens with zero attached hydrogens (tertiary/aromatic N) is 5. The van der Waals surface area contributed by atoms with Gasteiger partial charge in [0.05, 0.1) is 23.7 Å². The lowest BCUT2D eigenvalue weighted by molar-refractivity contribution is -0.121. The van der Waals surface area contributed by atoms with Gasteiger partial charge in [-0.05, 0) is 61.4 Å². The van der Waals surface area contributed by atoms with Gasteiger partial charge in [-0.2, -0.15) is 10.4 Å². The van der Waals surface area contributed by atoms with Crippen LogP contribution in [0.4, 0.5) is 5.69 Å². The monoisotopic (exact) mass is 403 g/mol. The van der Waals surface area contributed by atoms with Crippen LogP contribution in [0.25, 0.3) is 5.69 Å². The van der Waals surface area contributed by atoms with Gasteiger partial charge in [0.25, 0.3) is 5.91 Å². The number of ether oxygens (including phenoxy) is 1. The zero-order valence-electron chi connectivity index (χ0n) is 16.8. The number of aromatic nitrogens is 3. The average molecular weight is 403 g/mol. The van der Waals surface area contributed by atoms with Gasteiger partial charge in [0, 0.05) is 12.2 Å². The molecule has 8 heteroatoms. The fraction of sp³-hybridized carbons (Fsp3) is 0.227. The van der Waals surface area contributed by atoms with Gasteiger partial charge in [-0.1, -0.05) is 6.07 Å². The number of rotatable bonds is 7. The first kappa shape index (κ1) is 20.7. The van der Waals surface area contributed by atoms with Crippen LogP contribution in [0.15, 0.2) is 55.1 Å². The second kappa shape index (κ2) is 9.47. The van der Waals surface area contributed by atoms with Crippen molar-refractivity contribution in [3.05, 3.63) is 71.8 Å². The van der Waals surface area contributed by atoms with Crippen LogP contribution in [0.1, 0.15) is 27.9 Å². The minimum absolute atomic E-state index is 0.177. The molecule has 2 aromatic carbocycles. The van der Waals surface area contributed by atoms with Crippen molar-refractivity contribution in [2.24, 2.45) is 0 Å². The van der Waals surface area contributed by atoms with E-state index in [1.54, 1.807) is 35.3 Å². The van der Waals surface area contributed by atoms with E-state index < -0.39 is 12.6 Å². The largest absolute Gasteiger partial charge is 0.452 e. The molecule has 3 aromatic rings. The van der Waals surface area contributed by atoms with Crippen LogP contribution in [0.5, 0.6) is 0 Å². The van der Waals surface area contributed by atoms with Crippen molar-refractivity contribution in [2.75, 3.05) is 18.1 Å². The fourth-order valence-electron chi connectivity index (χ4n) is 3.05. The third-order valence-corrected chi connectivity index (χ3v) is 4.38. The second-order valence-electron chi connectivity index (χ2n) is 6.76. The standard InChI is InChI=1S/C22H21N5O3/c1-16-10-17(2)12-20(11-16)26(9-3-8-23)21(28)13-30-22(29)18-4-6-19(7-5-18)27-15-24-14-25-27/h4-7,10-12,14-15H,3,9,13H2,1-2H3. The van der Waals surface area contributed by atoms with E-state index in [-0.39, 0.29) is 18.9 Å². The first-order chi connectivity index (χ1) is 14.5. The van der Waals surface area contributed by atoms with Gasteiger partial charge in [0.1, 0.15) is 12.7 Å². The van der Waals surface area contributed by atoms with Crippen molar-refractivity contribution in [2.45, 2.75) is 20.3 Å². The quantitative estimate of drug-likeness (QED) is 0.562. The van der Waals surface area contributed by atoms with Gasteiger partial charge in [-0.25, -0.2) is 14.5 Å². The van der Waals surface area contributed by atoms with Gasteiger partial charge in [0.15, 0.2) is 6.61 Å². The maximum atomic E-state index is 12.7. The highest BCUT2D eigenvalue weighted by molar-refractivity contribution is 5.97. The normalized spacial score (nSPS) is 10.3. The molecule has 0 saturated carbocycles. The van der Waals surface area contributed by atoms with E-state index in [1.807, 2.05) is 38.1 Å². The number of hydrogen-bond donors (Lipinski definition) is 0. The van der Waals surface area contributed by atoms with E-state index >= 15 is 0 Å². The Morgan fingerprint density at radius 3 is 2.43 bits per heavy atom. The highest BCUT2D eigenvalue weighted by Gasteiger charge is 2.19. The van der Waals surface area contributed by atoms with Gasteiger partial charge in [-0.3, -0.25) is 4.79 Å². The molecule has 0 spiro atoms. The predicted molar refractivity (Wildman–Crippen MR) is 110 cm³/mol. The molecular weight excluding hydrogens is 382 g/mol. The molecule has 0 unspecified atom stereocenters. The molecule has 0 aliphatic carbocycles. The molecule has 152 valence electrons. The van der Waals surface area contributed by atoms with E-state index in [0.29, 0.717) is 11.3 Å². The van der Waals surface area contributed by atoms with Gasteiger partial charge >= 0.3 is 5.97 Å². The van der Waals surface area contributed by atoms with Crippen LogP contribution >= 0.6 is 0 Å². The van der Waals surface area contributed by atoms with Crippen LogP contribution in [0.2, 0.25) is 0 Å². The summed E-state index contributed by atoms with van der Waals surface area (Å²) in [5.41, 5.74) is 3.76. The Balaban J connectivity index is 1.67. The number of hydrogen-bond acceptors (Lipinski definition) is 6. The highest BCUT2D eigenvalue weighted by Crippen LogP contribution is 2.20. The molecule has 30 heavy (non-hydrogen) atoms. The molecule has 0 aliphatic rings. The number of nitriles is 1. The molecule has 0 radical (unpaired) electrons. The number of amides is 1.